The number of carbonyl (C=O) groups is 3. The van der Waals surface area contributed by atoms with Gasteiger partial charge < -0.3 is 20.4 Å². The SMILES string of the molecule is CCCC1C(=O)N(CCCc2ccc(Cl)c(Cl)c2)CCN1C(=O)C(Cc1ccc(Cl)cc1)NC(=O)C1Cc2ccccc2CN1. The van der Waals surface area contributed by atoms with Crippen LogP contribution >= 0.6 is 34.8 Å². The van der Waals surface area contributed by atoms with Crippen LogP contribution in [-0.4, -0.2) is 65.3 Å². The van der Waals surface area contributed by atoms with E-state index in [-0.39, 0.29) is 17.7 Å². The summed E-state index contributed by atoms with van der Waals surface area (Å²) >= 11 is 18.3. The van der Waals surface area contributed by atoms with E-state index in [0.717, 1.165) is 36.0 Å². The van der Waals surface area contributed by atoms with Crippen molar-refractivity contribution in [2.24, 2.45) is 0 Å². The molecule has 2 heterocycles. The van der Waals surface area contributed by atoms with E-state index in [4.69, 9.17) is 34.8 Å². The highest BCUT2D eigenvalue weighted by atomic mass is 35.5. The third kappa shape index (κ3) is 8.39. The Labute approximate surface area is 280 Å². The molecule has 0 radical (unpaired) electrons. The number of piperazine rings is 1. The van der Waals surface area contributed by atoms with Crippen LogP contribution in [0.15, 0.2) is 66.7 Å². The molecular weight excluding hydrogens is 631 g/mol. The molecule has 45 heavy (non-hydrogen) atoms. The van der Waals surface area contributed by atoms with Crippen molar-refractivity contribution >= 4 is 52.5 Å². The van der Waals surface area contributed by atoms with Crippen LogP contribution < -0.4 is 10.6 Å². The number of benzene rings is 3. The quantitative estimate of drug-likeness (QED) is 0.268. The second kappa shape index (κ2) is 15.5. The van der Waals surface area contributed by atoms with Crippen LogP contribution in [0.4, 0.5) is 0 Å². The van der Waals surface area contributed by atoms with Gasteiger partial charge >= 0.3 is 0 Å². The lowest BCUT2D eigenvalue weighted by molar-refractivity contribution is -0.153. The lowest BCUT2D eigenvalue weighted by Crippen LogP contribution is -2.63. The molecule has 1 fully saturated rings. The molecule has 0 aliphatic carbocycles. The molecule has 7 nitrogen and oxygen atoms in total. The van der Waals surface area contributed by atoms with Crippen molar-refractivity contribution in [3.05, 3.63) is 104 Å². The van der Waals surface area contributed by atoms with Crippen LogP contribution in [0.5, 0.6) is 0 Å². The number of halogens is 3. The van der Waals surface area contributed by atoms with Gasteiger partial charge in [0.1, 0.15) is 12.1 Å². The van der Waals surface area contributed by atoms with Crippen molar-refractivity contribution in [1.82, 2.24) is 20.4 Å². The molecule has 2 aliphatic heterocycles. The molecule has 10 heteroatoms. The van der Waals surface area contributed by atoms with Crippen molar-refractivity contribution in [1.29, 1.82) is 0 Å². The largest absolute Gasteiger partial charge is 0.343 e. The first-order valence-corrected chi connectivity index (χ1v) is 16.7. The molecule has 1 saturated heterocycles. The lowest BCUT2D eigenvalue weighted by atomic mass is 9.95. The number of rotatable bonds is 11. The number of hydrogen-bond donors (Lipinski definition) is 2. The summed E-state index contributed by atoms with van der Waals surface area (Å²) in [5.41, 5.74) is 4.23. The minimum absolute atomic E-state index is 0.0484. The molecule has 0 aromatic heterocycles. The van der Waals surface area contributed by atoms with E-state index in [1.165, 1.54) is 5.56 Å². The Morgan fingerprint density at radius 3 is 2.42 bits per heavy atom. The molecular formula is C35H39Cl3N4O3. The van der Waals surface area contributed by atoms with Gasteiger partial charge in [-0.05, 0) is 72.2 Å². The monoisotopic (exact) mass is 668 g/mol. The minimum atomic E-state index is -0.828. The Morgan fingerprint density at radius 2 is 1.69 bits per heavy atom. The van der Waals surface area contributed by atoms with Gasteiger partial charge in [0.25, 0.3) is 0 Å². The number of nitrogens with one attached hydrogen (secondary N) is 2. The molecule has 3 unspecified atom stereocenters. The van der Waals surface area contributed by atoms with Gasteiger partial charge in [-0.15, -0.1) is 0 Å². The maximum absolute atomic E-state index is 14.3. The van der Waals surface area contributed by atoms with Crippen LogP contribution in [0, 0.1) is 0 Å². The fraction of sp³-hybridized carbons (Fsp3) is 0.400. The van der Waals surface area contributed by atoms with Crippen LogP contribution in [0.25, 0.3) is 0 Å². The molecule has 0 bridgehead atoms. The third-order valence-corrected chi connectivity index (χ3v) is 9.66. The van der Waals surface area contributed by atoms with Gasteiger partial charge in [0, 0.05) is 37.6 Å². The summed E-state index contributed by atoms with van der Waals surface area (Å²) in [6.07, 6.45) is 3.66. The van der Waals surface area contributed by atoms with Crippen LogP contribution in [-0.2, 0) is 40.2 Å². The smallest absolute Gasteiger partial charge is 0.246 e. The highest BCUT2D eigenvalue weighted by Gasteiger charge is 2.40. The molecule has 3 atom stereocenters. The summed E-state index contributed by atoms with van der Waals surface area (Å²) in [6, 6.07) is 19.1. The first-order valence-electron chi connectivity index (χ1n) is 15.6. The van der Waals surface area contributed by atoms with Crippen LogP contribution in [0.2, 0.25) is 15.1 Å². The van der Waals surface area contributed by atoms with Crippen LogP contribution in [0.3, 0.4) is 0 Å². The zero-order valence-corrected chi connectivity index (χ0v) is 27.7. The van der Waals surface area contributed by atoms with E-state index < -0.39 is 18.1 Å². The van der Waals surface area contributed by atoms with Crippen molar-refractivity contribution in [2.45, 2.75) is 70.1 Å². The van der Waals surface area contributed by atoms with Gasteiger partial charge in [-0.1, -0.05) is 90.6 Å². The topological polar surface area (TPSA) is 81.8 Å². The van der Waals surface area contributed by atoms with Crippen molar-refractivity contribution in [3.63, 3.8) is 0 Å². The Hall–Kier alpha value is -3.10. The summed E-state index contributed by atoms with van der Waals surface area (Å²) in [5, 5.41) is 8.01. The highest BCUT2D eigenvalue weighted by Crippen LogP contribution is 2.24. The number of nitrogens with zero attached hydrogens (tertiary/aromatic N) is 2. The predicted molar refractivity (Wildman–Crippen MR) is 180 cm³/mol. The van der Waals surface area contributed by atoms with Crippen molar-refractivity contribution in [2.75, 3.05) is 19.6 Å². The Balaban J connectivity index is 1.28. The van der Waals surface area contributed by atoms with Crippen LogP contribution in [0.1, 0.15) is 48.4 Å². The second-order valence-corrected chi connectivity index (χ2v) is 13.1. The molecule has 3 amide bonds. The summed E-state index contributed by atoms with van der Waals surface area (Å²) in [7, 11) is 0. The average Bonchev–Trinajstić information content (AvgIpc) is 3.04. The highest BCUT2D eigenvalue weighted by molar-refractivity contribution is 6.42. The molecule has 0 saturated carbocycles. The van der Waals surface area contributed by atoms with Gasteiger partial charge in [0.2, 0.25) is 17.7 Å². The number of carbonyl (C=O) groups excluding carboxylic acids is 3. The van der Waals surface area contributed by atoms with Gasteiger partial charge in [0.15, 0.2) is 0 Å². The van der Waals surface area contributed by atoms with Crippen molar-refractivity contribution < 1.29 is 14.4 Å². The molecule has 0 spiro atoms. The molecule has 2 N–H and O–H groups in total. The second-order valence-electron chi connectivity index (χ2n) is 11.8. The van der Waals surface area contributed by atoms with Crippen molar-refractivity contribution in [3.8, 4) is 0 Å². The summed E-state index contributed by atoms with van der Waals surface area (Å²) in [4.78, 5) is 45.1. The average molecular weight is 670 g/mol. The first-order chi connectivity index (χ1) is 21.7. The zero-order valence-electron chi connectivity index (χ0n) is 25.4. The number of aryl methyl sites for hydroxylation is 1. The van der Waals surface area contributed by atoms with E-state index >= 15 is 0 Å². The molecule has 5 rings (SSSR count). The van der Waals surface area contributed by atoms with Gasteiger partial charge in [-0.3, -0.25) is 14.4 Å². The van der Waals surface area contributed by atoms with E-state index in [2.05, 4.69) is 16.7 Å². The third-order valence-electron chi connectivity index (χ3n) is 8.67. The Morgan fingerprint density at radius 1 is 0.956 bits per heavy atom. The van der Waals surface area contributed by atoms with Gasteiger partial charge in [0.05, 0.1) is 16.1 Å². The molecule has 3 aromatic rings. The molecule has 2 aliphatic rings. The number of hydrogen-bond acceptors (Lipinski definition) is 4. The predicted octanol–water partition coefficient (Wildman–Crippen LogP) is 5.86. The normalized spacial score (nSPS) is 18.8. The Bertz CT molecular complexity index is 1520. The summed E-state index contributed by atoms with van der Waals surface area (Å²) < 4.78 is 0. The van der Waals surface area contributed by atoms with E-state index in [1.54, 1.807) is 23.1 Å². The summed E-state index contributed by atoms with van der Waals surface area (Å²) in [5.74, 6) is -0.513. The fourth-order valence-electron chi connectivity index (χ4n) is 6.21. The fourth-order valence-corrected chi connectivity index (χ4v) is 6.66. The van der Waals surface area contributed by atoms with Gasteiger partial charge in [-0.2, -0.15) is 0 Å². The number of fused-ring (bicyclic) bond motifs is 1. The van der Waals surface area contributed by atoms with Gasteiger partial charge in [-0.25, -0.2) is 0 Å². The maximum atomic E-state index is 14.3. The Kier molecular flexibility index (Phi) is 11.4. The van der Waals surface area contributed by atoms with E-state index in [1.807, 2.05) is 54.3 Å². The number of amides is 3. The van der Waals surface area contributed by atoms with E-state index in [9.17, 15) is 14.4 Å². The minimum Gasteiger partial charge on any atom is -0.343 e. The summed E-state index contributed by atoms with van der Waals surface area (Å²) in [6.45, 7) is 4.03. The molecule has 238 valence electrons. The first kappa shape index (κ1) is 33.3. The molecule has 3 aromatic carbocycles. The lowest BCUT2D eigenvalue weighted by Gasteiger charge is -2.42. The maximum Gasteiger partial charge on any atom is 0.246 e. The standard InChI is InChI=1S/C35H39Cl3N4O3/c1-2-6-32-35(45)41(16-5-7-23-12-15-28(37)29(38)19-23)17-18-42(32)34(44)31(20-24-10-13-27(36)14-11-24)40-33(43)30-21-25-8-3-4-9-26(25)22-39-30/h3-4,8-15,19,30-32,39H,2,5-7,16-18,20-22H2,1H3,(H,40,43). The van der Waals surface area contributed by atoms with E-state index in [0.29, 0.717) is 60.5 Å². The zero-order chi connectivity index (χ0) is 31.9.